The summed E-state index contributed by atoms with van der Waals surface area (Å²) in [5.74, 6) is 3.03. The zero-order valence-electron chi connectivity index (χ0n) is 15.2. The summed E-state index contributed by atoms with van der Waals surface area (Å²) in [4.78, 5) is 18.2. The molecule has 3 heteroatoms. The zero-order chi connectivity index (χ0) is 16.9. The van der Waals surface area contributed by atoms with E-state index in [9.17, 15) is 4.79 Å². The molecule has 1 amide bonds. The lowest BCUT2D eigenvalue weighted by Crippen LogP contribution is -2.55. The third-order valence-electron chi connectivity index (χ3n) is 7.50. The van der Waals surface area contributed by atoms with Gasteiger partial charge in [-0.1, -0.05) is 31.0 Å². The van der Waals surface area contributed by atoms with E-state index >= 15 is 0 Å². The quantitative estimate of drug-likeness (QED) is 0.815. The monoisotopic (exact) mass is 338 g/mol. The number of rotatable bonds is 2. The molecule has 25 heavy (non-hydrogen) atoms. The van der Waals surface area contributed by atoms with Gasteiger partial charge in [-0.05, 0) is 62.0 Å². The molecule has 134 valence electrons. The first-order valence-electron chi connectivity index (χ1n) is 10.3. The van der Waals surface area contributed by atoms with Gasteiger partial charge in [0.2, 0.25) is 5.91 Å². The van der Waals surface area contributed by atoms with Crippen molar-refractivity contribution in [3.05, 3.63) is 30.3 Å². The molecule has 6 rings (SSSR count). The first-order chi connectivity index (χ1) is 12.2. The maximum absolute atomic E-state index is 13.6. The normalized spacial score (nSPS) is 37.2. The van der Waals surface area contributed by atoms with Gasteiger partial charge in [-0.3, -0.25) is 4.79 Å². The molecule has 0 spiro atoms. The Kier molecular flexibility index (Phi) is 3.79. The molecule has 4 aliphatic carbocycles. The molecular weight excluding hydrogens is 308 g/mol. The van der Waals surface area contributed by atoms with Gasteiger partial charge in [-0.25, -0.2) is 0 Å². The van der Waals surface area contributed by atoms with Crippen LogP contribution >= 0.6 is 0 Å². The van der Waals surface area contributed by atoms with Gasteiger partial charge in [0.1, 0.15) is 0 Å². The molecule has 0 N–H and O–H groups in total. The molecule has 5 fully saturated rings. The first-order valence-corrected chi connectivity index (χ1v) is 10.3. The third-order valence-corrected chi connectivity index (χ3v) is 7.50. The fraction of sp³-hybridized carbons (Fsp3) is 0.682. The second-order valence-corrected chi connectivity index (χ2v) is 9.15. The molecular formula is C22H30N2O. The van der Waals surface area contributed by atoms with Gasteiger partial charge in [0.25, 0.3) is 0 Å². The number of benzene rings is 1. The van der Waals surface area contributed by atoms with Crippen LogP contribution < -0.4 is 4.90 Å². The minimum atomic E-state index is 0.0158. The second kappa shape index (κ2) is 6.03. The number of carbonyl (C=O) groups excluding carboxylic acids is 1. The SMILES string of the molecule is O=C(N1CCN(c2ccccc2)CC1)C12CC3C[C@@H](CC[C@H](C3)C1)C2. The van der Waals surface area contributed by atoms with Crippen molar-refractivity contribution in [2.45, 2.75) is 44.9 Å². The van der Waals surface area contributed by atoms with E-state index in [2.05, 4.69) is 40.1 Å². The number of fused-ring (bicyclic) bond motifs is 1. The van der Waals surface area contributed by atoms with Gasteiger partial charge in [-0.2, -0.15) is 0 Å². The minimum Gasteiger partial charge on any atom is -0.368 e. The van der Waals surface area contributed by atoms with Crippen molar-refractivity contribution in [1.82, 2.24) is 4.90 Å². The first kappa shape index (κ1) is 15.7. The van der Waals surface area contributed by atoms with Crippen LogP contribution in [-0.2, 0) is 4.79 Å². The summed E-state index contributed by atoms with van der Waals surface area (Å²) in [5.41, 5.74) is 1.31. The number of anilines is 1. The highest BCUT2D eigenvalue weighted by Gasteiger charge is 2.53. The van der Waals surface area contributed by atoms with Crippen LogP contribution in [0.15, 0.2) is 30.3 Å². The summed E-state index contributed by atoms with van der Waals surface area (Å²) in [6.45, 7) is 3.75. The molecule has 4 bridgehead atoms. The van der Waals surface area contributed by atoms with E-state index in [4.69, 9.17) is 0 Å². The van der Waals surface area contributed by atoms with Crippen LogP contribution in [0.5, 0.6) is 0 Å². The molecule has 1 aromatic carbocycles. The van der Waals surface area contributed by atoms with Crippen LogP contribution in [0, 0.1) is 23.2 Å². The fourth-order valence-electron chi connectivity index (χ4n) is 6.60. The maximum Gasteiger partial charge on any atom is 0.228 e. The van der Waals surface area contributed by atoms with Gasteiger partial charge < -0.3 is 9.80 Å². The predicted octanol–water partition coefficient (Wildman–Crippen LogP) is 3.94. The van der Waals surface area contributed by atoms with Gasteiger partial charge in [-0.15, -0.1) is 0 Å². The average Bonchev–Trinajstić information content (AvgIpc) is 2.87. The van der Waals surface area contributed by atoms with Crippen molar-refractivity contribution in [2.24, 2.45) is 23.2 Å². The molecule has 1 aliphatic heterocycles. The smallest absolute Gasteiger partial charge is 0.228 e. The highest BCUT2D eigenvalue weighted by atomic mass is 16.2. The molecule has 1 aromatic rings. The lowest BCUT2D eigenvalue weighted by atomic mass is 9.58. The summed E-state index contributed by atoms with van der Waals surface area (Å²) in [7, 11) is 0. The number of nitrogens with zero attached hydrogens (tertiary/aromatic N) is 2. The van der Waals surface area contributed by atoms with Gasteiger partial charge in [0, 0.05) is 31.9 Å². The lowest BCUT2D eigenvalue weighted by Gasteiger charge is -2.50. The Labute approximate surface area is 151 Å². The Morgan fingerprint density at radius 2 is 1.44 bits per heavy atom. The number of hydrogen-bond donors (Lipinski definition) is 0. The maximum atomic E-state index is 13.6. The standard InChI is InChI=1S/C22H30N2O/c25-21(22-14-17-6-7-18(15-22)13-19(12-17)16-22)24-10-8-23(9-11-24)20-4-2-1-3-5-20/h1-5,17-19H,6-16H2/t17-,18-,19?,22?/m1/s1. The molecule has 1 saturated heterocycles. The summed E-state index contributed by atoms with van der Waals surface area (Å²) in [5, 5.41) is 0. The minimum absolute atomic E-state index is 0.0158. The van der Waals surface area contributed by atoms with Crippen molar-refractivity contribution in [3.63, 3.8) is 0 Å². The molecule has 2 atom stereocenters. The van der Waals surface area contributed by atoms with Gasteiger partial charge in [0.05, 0.1) is 5.41 Å². The number of para-hydroxylation sites is 1. The van der Waals surface area contributed by atoms with E-state index in [-0.39, 0.29) is 5.41 Å². The summed E-state index contributed by atoms with van der Waals surface area (Å²) >= 11 is 0. The molecule has 0 aromatic heterocycles. The Balaban J connectivity index is 1.29. The van der Waals surface area contributed by atoms with E-state index in [1.54, 1.807) is 0 Å². The molecule has 0 radical (unpaired) electrons. The second-order valence-electron chi connectivity index (χ2n) is 9.15. The fourth-order valence-corrected chi connectivity index (χ4v) is 6.60. The van der Waals surface area contributed by atoms with Crippen LogP contribution in [0.2, 0.25) is 0 Å². The molecule has 3 nitrogen and oxygen atoms in total. The zero-order valence-corrected chi connectivity index (χ0v) is 15.2. The predicted molar refractivity (Wildman–Crippen MR) is 100 cm³/mol. The summed E-state index contributed by atoms with van der Waals surface area (Å²) in [6, 6.07) is 10.6. The van der Waals surface area contributed by atoms with Crippen LogP contribution in [-0.4, -0.2) is 37.0 Å². The van der Waals surface area contributed by atoms with Crippen LogP contribution in [0.1, 0.15) is 44.9 Å². The number of hydrogen-bond acceptors (Lipinski definition) is 2. The Bertz CT molecular complexity index is 619. The molecule has 5 aliphatic rings. The summed E-state index contributed by atoms with van der Waals surface area (Å²) in [6.07, 6.45) is 9.17. The number of carbonyl (C=O) groups is 1. The molecule has 1 heterocycles. The highest BCUT2D eigenvalue weighted by molar-refractivity contribution is 5.83. The van der Waals surface area contributed by atoms with E-state index in [1.807, 2.05) is 0 Å². The van der Waals surface area contributed by atoms with Crippen molar-refractivity contribution in [1.29, 1.82) is 0 Å². The Hall–Kier alpha value is -1.51. The van der Waals surface area contributed by atoms with E-state index in [1.165, 1.54) is 50.6 Å². The van der Waals surface area contributed by atoms with Crippen LogP contribution in [0.3, 0.4) is 0 Å². The van der Waals surface area contributed by atoms with Gasteiger partial charge in [0.15, 0.2) is 0 Å². The molecule has 0 unspecified atom stereocenters. The number of amides is 1. The average molecular weight is 338 g/mol. The van der Waals surface area contributed by atoms with Crippen molar-refractivity contribution >= 4 is 11.6 Å². The van der Waals surface area contributed by atoms with Crippen molar-refractivity contribution in [2.75, 3.05) is 31.1 Å². The van der Waals surface area contributed by atoms with Crippen LogP contribution in [0.4, 0.5) is 5.69 Å². The largest absolute Gasteiger partial charge is 0.368 e. The topological polar surface area (TPSA) is 23.6 Å². The Morgan fingerprint density at radius 1 is 0.840 bits per heavy atom. The third kappa shape index (κ3) is 2.76. The summed E-state index contributed by atoms with van der Waals surface area (Å²) < 4.78 is 0. The van der Waals surface area contributed by atoms with E-state index in [0.717, 1.165) is 43.9 Å². The van der Waals surface area contributed by atoms with Crippen molar-refractivity contribution < 1.29 is 4.79 Å². The van der Waals surface area contributed by atoms with E-state index < -0.39 is 0 Å². The Morgan fingerprint density at radius 3 is 2.08 bits per heavy atom. The van der Waals surface area contributed by atoms with Crippen molar-refractivity contribution in [3.8, 4) is 0 Å². The number of piperazine rings is 1. The highest BCUT2D eigenvalue weighted by Crippen LogP contribution is 2.58. The van der Waals surface area contributed by atoms with Gasteiger partial charge >= 0.3 is 0 Å². The van der Waals surface area contributed by atoms with Crippen LogP contribution in [0.25, 0.3) is 0 Å². The lowest BCUT2D eigenvalue weighted by molar-refractivity contribution is -0.150. The van der Waals surface area contributed by atoms with E-state index in [0.29, 0.717) is 5.91 Å². The molecule has 4 saturated carbocycles.